The van der Waals surface area contributed by atoms with E-state index >= 15 is 0 Å². The minimum absolute atomic E-state index is 0.000232. The van der Waals surface area contributed by atoms with Gasteiger partial charge in [0.1, 0.15) is 0 Å². The van der Waals surface area contributed by atoms with Crippen LogP contribution in [0.5, 0.6) is 0 Å². The van der Waals surface area contributed by atoms with Crippen LogP contribution in [0.2, 0.25) is 0 Å². The highest BCUT2D eigenvalue weighted by Crippen LogP contribution is 2.31. The number of amides is 1. The fourth-order valence-electron chi connectivity index (χ4n) is 3.66. The summed E-state index contributed by atoms with van der Waals surface area (Å²) < 4.78 is 5.39. The Balaban J connectivity index is 1.53. The molecule has 27 heavy (non-hydrogen) atoms. The molecule has 1 fully saturated rings. The van der Waals surface area contributed by atoms with Gasteiger partial charge in [-0.05, 0) is 24.0 Å². The number of fused-ring (bicyclic) bond motifs is 1. The van der Waals surface area contributed by atoms with Crippen LogP contribution in [0.25, 0.3) is 0 Å². The minimum Gasteiger partial charge on any atom is -0.378 e. The fraction of sp³-hybridized carbons (Fsp3) is 0.476. The van der Waals surface area contributed by atoms with Gasteiger partial charge in [-0.15, -0.1) is 0 Å². The summed E-state index contributed by atoms with van der Waals surface area (Å²) >= 11 is 0. The number of anilines is 1. The largest absolute Gasteiger partial charge is 0.378 e. The third-order valence-electron chi connectivity index (χ3n) is 5.51. The quantitative estimate of drug-likeness (QED) is 0.832. The van der Waals surface area contributed by atoms with Crippen LogP contribution in [0.3, 0.4) is 0 Å². The number of carbonyl (C=O) groups is 1. The van der Waals surface area contributed by atoms with Crippen molar-refractivity contribution in [2.24, 2.45) is 0 Å². The number of morpholine rings is 1. The van der Waals surface area contributed by atoms with E-state index in [0.29, 0.717) is 37.2 Å². The average molecular weight is 366 g/mol. The summed E-state index contributed by atoms with van der Waals surface area (Å²) in [4.78, 5) is 26.0. The molecule has 0 saturated carbocycles. The molecule has 0 bridgehead atoms. The second-order valence-corrected chi connectivity index (χ2v) is 7.56. The van der Waals surface area contributed by atoms with Crippen molar-refractivity contribution in [2.75, 3.05) is 31.2 Å². The molecular formula is C21H26N4O2. The molecule has 1 amide bonds. The molecule has 4 rings (SSSR count). The van der Waals surface area contributed by atoms with E-state index < -0.39 is 0 Å². The predicted molar refractivity (Wildman–Crippen MR) is 104 cm³/mol. The van der Waals surface area contributed by atoms with Crippen molar-refractivity contribution in [1.29, 1.82) is 0 Å². The van der Waals surface area contributed by atoms with Crippen molar-refractivity contribution < 1.29 is 9.53 Å². The van der Waals surface area contributed by atoms with E-state index in [2.05, 4.69) is 59.9 Å². The average Bonchev–Trinajstić information content (AvgIpc) is 3.04. The van der Waals surface area contributed by atoms with Crippen molar-refractivity contribution in [3.8, 4) is 0 Å². The highest BCUT2D eigenvalue weighted by atomic mass is 16.5. The van der Waals surface area contributed by atoms with Gasteiger partial charge < -0.3 is 14.5 Å². The number of nitrogens with zero attached hydrogens (tertiary/aromatic N) is 4. The zero-order valence-electron chi connectivity index (χ0n) is 16.2. The number of rotatable bonds is 4. The van der Waals surface area contributed by atoms with Gasteiger partial charge in [0.2, 0.25) is 5.95 Å². The topological polar surface area (TPSA) is 58.6 Å². The van der Waals surface area contributed by atoms with Gasteiger partial charge in [0, 0.05) is 19.3 Å². The Hall–Kier alpha value is -2.47. The zero-order chi connectivity index (χ0) is 19.0. The van der Waals surface area contributed by atoms with Gasteiger partial charge in [-0.2, -0.15) is 0 Å². The Bertz CT molecular complexity index is 829. The van der Waals surface area contributed by atoms with Crippen LogP contribution in [0.1, 0.15) is 59.9 Å². The first kappa shape index (κ1) is 17.9. The molecule has 1 aromatic heterocycles. The van der Waals surface area contributed by atoms with Gasteiger partial charge in [0.15, 0.2) is 0 Å². The maximum absolute atomic E-state index is 12.9. The molecule has 2 aromatic rings. The SMILES string of the molecule is CC(C)c1ccc([C@@H](C)N2Cc3nc(N4CCOCC4)ncc3C2=O)cc1. The van der Waals surface area contributed by atoms with Crippen molar-refractivity contribution in [1.82, 2.24) is 14.9 Å². The molecule has 0 unspecified atom stereocenters. The molecular weight excluding hydrogens is 340 g/mol. The molecule has 1 atom stereocenters. The van der Waals surface area contributed by atoms with Crippen LogP contribution in [-0.4, -0.2) is 47.1 Å². The Morgan fingerprint density at radius 2 is 1.70 bits per heavy atom. The number of aromatic nitrogens is 2. The monoisotopic (exact) mass is 366 g/mol. The lowest BCUT2D eigenvalue weighted by Gasteiger charge is -2.26. The van der Waals surface area contributed by atoms with E-state index in [1.54, 1.807) is 6.20 Å². The molecule has 0 radical (unpaired) electrons. The maximum Gasteiger partial charge on any atom is 0.258 e. The summed E-state index contributed by atoms with van der Waals surface area (Å²) in [6, 6.07) is 8.56. The molecule has 0 N–H and O–H groups in total. The van der Waals surface area contributed by atoms with Gasteiger partial charge in [-0.3, -0.25) is 4.79 Å². The Kier molecular flexibility index (Phi) is 4.83. The van der Waals surface area contributed by atoms with Crippen LogP contribution in [0.4, 0.5) is 5.95 Å². The summed E-state index contributed by atoms with van der Waals surface area (Å²) in [7, 11) is 0. The molecule has 1 aromatic carbocycles. The fourth-order valence-corrected chi connectivity index (χ4v) is 3.66. The third kappa shape index (κ3) is 3.41. The van der Waals surface area contributed by atoms with Gasteiger partial charge in [-0.25, -0.2) is 9.97 Å². The van der Waals surface area contributed by atoms with E-state index in [0.717, 1.165) is 24.3 Å². The van der Waals surface area contributed by atoms with Gasteiger partial charge in [0.25, 0.3) is 5.91 Å². The van der Waals surface area contributed by atoms with Crippen molar-refractivity contribution in [2.45, 2.75) is 39.3 Å². The standard InChI is InChI=1S/C21H26N4O2/c1-14(2)16-4-6-17(7-5-16)15(3)25-13-19-18(20(25)26)12-22-21(23-19)24-8-10-27-11-9-24/h4-7,12,14-15H,8-11,13H2,1-3H3/t15-/m1/s1. The summed E-state index contributed by atoms with van der Waals surface area (Å²) in [5, 5.41) is 0. The Labute approximate surface area is 160 Å². The van der Waals surface area contributed by atoms with Crippen LogP contribution < -0.4 is 4.90 Å². The third-order valence-corrected chi connectivity index (χ3v) is 5.51. The molecule has 0 spiro atoms. The van der Waals surface area contributed by atoms with E-state index in [1.807, 2.05) is 4.90 Å². The molecule has 6 nitrogen and oxygen atoms in total. The van der Waals surface area contributed by atoms with Gasteiger partial charge in [0.05, 0.1) is 37.1 Å². The van der Waals surface area contributed by atoms with E-state index in [9.17, 15) is 4.79 Å². The molecule has 2 aliphatic rings. The van der Waals surface area contributed by atoms with E-state index in [-0.39, 0.29) is 11.9 Å². The van der Waals surface area contributed by atoms with E-state index in [4.69, 9.17) is 4.74 Å². The second-order valence-electron chi connectivity index (χ2n) is 7.56. The Morgan fingerprint density at radius 1 is 1.04 bits per heavy atom. The molecule has 2 aliphatic heterocycles. The number of carbonyl (C=O) groups excluding carboxylic acids is 1. The molecule has 142 valence electrons. The molecule has 6 heteroatoms. The van der Waals surface area contributed by atoms with Crippen molar-refractivity contribution in [3.63, 3.8) is 0 Å². The Morgan fingerprint density at radius 3 is 2.37 bits per heavy atom. The van der Waals surface area contributed by atoms with Crippen LogP contribution >= 0.6 is 0 Å². The lowest BCUT2D eigenvalue weighted by atomic mass is 9.99. The molecule has 1 saturated heterocycles. The smallest absolute Gasteiger partial charge is 0.258 e. The minimum atomic E-state index is -0.000232. The number of hydrogen-bond donors (Lipinski definition) is 0. The zero-order valence-corrected chi connectivity index (χ0v) is 16.2. The lowest BCUT2D eigenvalue weighted by Crippen LogP contribution is -2.37. The van der Waals surface area contributed by atoms with Crippen LogP contribution in [-0.2, 0) is 11.3 Å². The van der Waals surface area contributed by atoms with Crippen molar-refractivity contribution >= 4 is 11.9 Å². The normalized spacial score (nSPS) is 18.1. The lowest BCUT2D eigenvalue weighted by molar-refractivity contribution is 0.0715. The van der Waals surface area contributed by atoms with Crippen LogP contribution in [0.15, 0.2) is 30.5 Å². The van der Waals surface area contributed by atoms with Crippen molar-refractivity contribution in [3.05, 3.63) is 52.8 Å². The first-order valence-corrected chi connectivity index (χ1v) is 9.64. The highest BCUT2D eigenvalue weighted by Gasteiger charge is 2.33. The second kappa shape index (κ2) is 7.27. The predicted octanol–water partition coefficient (Wildman–Crippen LogP) is 3.15. The summed E-state index contributed by atoms with van der Waals surface area (Å²) in [5.41, 5.74) is 3.89. The number of benzene rings is 1. The first-order chi connectivity index (χ1) is 13.0. The van der Waals surface area contributed by atoms with Gasteiger partial charge >= 0.3 is 0 Å². The first-order valence-electron chi connectivity index (χ1n) is 9.64. The number of ether oxygens (including phenoxy) is 1. The summed E-state index contributed by atoms with van der Waals surface area (Å²) in [6.07, 6.45) is 1.68. The van der Waals surface area contributed by atoms with Gasteiger partial charge in [-0.1, -0.05) is 38.1 Å². The van der Waals surface area contributed by atoms with Crippen LogP contribution in [0, 0.1) is 0 Å². The number of hydrogen-bond acceptors (Lipinski definition) is 5. The summed E-state index contributed by atoms with van der Waals surface area (Å²) in [6.45, 7) is 9.92. The maximum atomic E-state index is 12.9. The molecule has 3 heterocycles. The van der Waals surface area contributed by atoms with E-state index in [1.165, 1.54) is 5.56 Å². The molecule has 0 aliphatic carbocycles. The summed E-state index contributed by atoms with van der Waals surface area (Å²) in [5.74, 6) is 1.21. The highest BCUT2D eigenvalue weighted by molar-refractivity contribution is 5.97.